The summed E-state index contributed by atoms with van der Waals surface area (Å²) >= 11 is 0. The first-order valence-electron chi connectivity index (χ1n) is 9.03. The number of carbonyl (C=O) groups is 3. The van der Waals surface area contributed by atoms with Gasteiger partial charge in [-0.1, -0.05) is 18.7 Å². The molecular formula is C21H21N5O4. The Morgan fingerprint density at radius 1 is 1.37 bits per heavy atom. The number of rotatable bonds is 7. The molecule has 0 radical (unpaired) electrons. The summed E-state index contributed by atoms with van der Waals surface area (Å²) in [5, 5.41) is 8.86. The summed E-state index contributed by atoms with van der Waals surface area (Å²) in [5.74, 6) is -0.279. The third-order valence-electron chi connectivity index (χ3n) is 4.39. The summed E-state index contributed by atoms with van der Waals surface area (Å²) in [4.78, 5) is 38.8. The van der Waals surface area contributed by atoms with Gasteiger partial charge in [-0.05, 0) is 29.8 Å². The van der Waals surface area contributed by atoms with Gasteiger partial charge in [0.2, 0.25) is 0 Å². The number of aliphatic imine (C=N–C) groups is 1. The highest BCUT2D eigenvalue weighted by Gasteiger charge is 2.23. The number of primary amides is 1. The van der Waals surface area contributed by atoms with E-state index in [2.05, 4.69) is 27.5 Å². The zero-order valence-corrected chi connectivity index (χ0v) is 16.3. The third-order valence-corrected chi connectivity index (χ3v) is 4.39. The minimum atomic E-state index is -0.661. The number of carbonyl (C=O) groups excluding carboxylic acids is 3. The first-order valence-corrected chi connectivity index (χ1v) is 9.03. The van der Waals surface area contributed by atoms with Crippen molar-refractivity contribution in [1.29, 1.82) is 0 Å². The Hall–Kier alpha value is -4.14. The highest BCUT2D eigenvalue weighted by Crippen LogP contribution is 2.33. The molecule has 0 bridgehead atoms. The third kappa shape index (κ3) is 4.46. The van der Waals surface area contributed by atoms with E-state index in [1.165, 1.54) is 0 Å². The molecule has 1 aliphatic heterocycles. The Labute approximate surface area is 173 Å². The number of amidine groups is 1. The van der Waals surface area contributed by atoms with Gasteiger partial charge in [-0.25, -0.2) is 0 Å². The molecule has 30 heavy (non-hydrogen) atoms. The van der Waals surface area contributed by atoms with Crippen LogP contribution in [0.25, 0.3) is 0 Å². The summed E-state index contributed by atoms with van der Waals surface area (Å²) in [6.07, 6.45) is 0.751. The largest absolute Gasteiger partial charge is 0.481 e. The van der Waals surface area contributed by atoms with Crippen molar-refractivity contribution >= 4 is 35.3 Å². The van der Waals surface area contributed by atoms with Crippen LogP contribution in [-0.2, 0) is 11.3 Å². The van der Waals surface area contributed by atoms with Crippen LogP contribution >= 0.6 is 0 Å². The Bertz CT molecular complexity index is 1060. The molecule has 0 aromatic heterocycles. The number of benzene rings is 2. The normalized spacial score (nSPS) is 12.8. The van der Waals surface area contributed by atoms with Crippen LogP contribution in [-0.4, -0.2) is 37.6 Å². The lowest BCUT2D eigenvalue weighted by molar-refractivity contribution is -0.118. The average Bonchev–Trinajstić information content (AvgIpc) is 2.75. The SMILES string of the molecule is C=C(NCc1cc2c(c(C(N)=O)c1)OCC(=O)N2)C(=NC)Nc1ccccc1C=O. The number of aldehydes is 1. The van der Waals surface area contributed by atoms with Crippen LogP contribution in [0.1, 0.15) is 26.3 Å². The molecule has 0 atom stereocenters. The smallest absolute Gasteiger partial charge is 0.262 e. The van der Waals surface area contributed by atoms with Crippen molar-refractivity contribution in [2.24, 2.45) is 10.7 Å². The second kappa shape index (κ2) is 8.91. The molecule has 2 aromatic carbocycles. The number of hydrogen-bond donors (Lipinski definition) is 4. The second-order valence-electron chi connectivity index (χ2n) is 6.46. The van der Waals surface area contributed by atoms with Gasteiger partial charge in [0.05, 0.1) is 22.6 Å². The first-order chi connectivity index (χ1) is 14.4. The zero-order valence-electron chi connectivity index (χ0n) is 16.3. The maximum absolute atomic E-state index is 11.8. The van der Waals surface area contributed by atoms with E-state index in [9.17, 15) is 14.4 Å². The van der Waals surface area contributed by atoms with E-state index in [-0.39, 0.29) is 30.4 Å². The molecule has 5 N–H and O–H groups in total. The van der Waals surface area contributed by atoms with Gasteiger partial charge in [0.25, 0.3) is 11.8 Å². The van der Waals surface area contributed by atoms with Crippen molar-refractivity contribution in [2.75, 3.05) is 24.3 Å². The van der Waals surface area contributed by atoms with Crippen molar-refractivity contribution in [2.45, 2.75) is 6.54 Å². The molecule has 9 heteroatoms. The molecule has 154 valence electrons. The number of fused-ring (bicyclic) bond motifs is 1. The predicted octanol–water partition coefficient (Wildman–Crippen LogP) is 1.67. The Morgan fingerprint density at radius 3 is 2.83 bits per heavy atom. The van der Waals surface area contributed by atoms with E-state index in [4.69, 9.17) is 10.5 Å². The molecule has 0 saturated heterocycles. The monoisotopic (exact) mass is 407 g/mol. The lowest BCUT2D eigenvalue weighted by Gasteiger charge is -2.21. The molecule has 2 amide bonds. The number of anilines is 2. The zero-order chi connectivity index (χ0) is 21.7. The van der Waals surface area contributed by atoms with Crippen LogP contribution in [0.15, 0.2) is 53.7 Å². The first kappa shape index (κ1) is 20.6. The molecule has 0 spiro atoms. The molecule has 9 nitrogen and oxygen atoms in total. The highest BCUT2D eigenvalue weighted by molar-refractivity contribution is 6.09. The molecule has 0 saturated carbocycles. The van der Waals surface area contributed by atoms with Gasteiger partial charge in [0.1, 0.15) is 5.84 Å². The van der Waals surface area contributed by atoms with Crippen LogP contribution in [0.5, 0.6) is 5.75 Å². The van der Waals surface area contributed by atoms with E-state index in [0.29, 0.717) is 34.0 Å². The van der Waals surface area contributed by atoms with Gasteiger partial charge in [0.15, 0.2) is 18.6 Å². The van der Waals surface area contributed by atoms with Crippen molar-refractivity contribution in [3.63, 3.8) is 0 Å². The second-order valence-corrected chi connectivity index (χ2v) is 6.46. The molecule has 2 aromatic rings. The molecule has 1 aliphatic rings. The lowest BCUT2D eigenvalue weighted by atomic mass is 10.1. The number of ether oxygens (including phenoxy) is 1. The highest BCUT2D eigenvalue weighted by atomic mass is 16.5. The lowest BCUT2D eigenvalue weighted by Crippen LogP contribution is -2.28. The fourth-order valence-electron chi connectivity index (χ4n) is 2.95. The van der Waals surface area contributed by atoms with Gasteiger partial charge in [-0.3, -0.25) is 19.4 Å². The molecule has 3 rings (SSSR count). The van der Waals surface area contributed by atoms with Gasteiger partial charge in [0, 0.05) is 19.2 Å². The number of nitrogens with one attached hydrogen (secondary N) is 3. The van der Waals surface area contributed by atoms with Crippen molar-refractivity contribution < 1.29 is 19.1 Å². The van der Waals surface area contributed by atoms with E-state index in [1.807, 2.05) is 0 Å². The molecule has 1 heterocycles. The summed E-state index contributed by atoms with van der Waals surface area (Å²) < 4.78 is 5.34. The maximum atomic E-state index is 11.8. The summed E-state index contributed by atoms with van der Waals surface area (Å²) in [6.45, 7) is 4.07. The van der Waals surface area contributed by atoms with E-state index in [0.717, 1.165) is 6.29 Å². The van der Waals surface area contributed by atoms with Gasteiger partial charge < -0.3 is 26.4 Å². The van der Waals surface area contributed by atoms with Gasteiger partial charge in [-0.2, -0.15) is 0 Å². The molecular weight excluding hydrogens is 386 g/mol. The van der Waals surface area contributed by atoms with Gasteiger partial charge >= 0.3 is 0 Å². The fraction of sp³-hybridized carbons (Fsp3) is 0.143. The average molecular weight is 407 g/mol. The van der Waals surface area contributed by atoms with Gasteiger partial charge in [-0.15, -0.1) is 0 Å². The van der Waals surface area contributed by atoms with Crippen molar-refractivity contribution in [1.82, 2.24) is 5.32 Å². The van der Waals surface area contributed by atoms with E-state index < -0.39 is 5.91 Å². The fourth-order valence-corrected chi connectivity index (χ4v) is 2.95. The number of amides is 2. The minimum absolute atomic E-state index is 0.175. The standard InChI is InChI=1S/C21H21N5O4/c1-12(21(23-2)26-16-6-4-3-5-14(16)10-27)24-9-13-7-15(20(22)29)19-17(8-13)25-18(28)11-30-19/h3-8,10,24H,1,9,11H2,2H3,(H2,22,29)(H,23,26)(H,25,28). The van der Waals surface area contributed by atoms with Crippen LogP contribution in [0.4, 0.5) is 11.4 Å². The van der Waals surface area contributed by atoms with Crippen LogP contribution in [0, 0.1) is 0 Å². The molecule has 0 fully saturated rings. The van der Waals surface area contributed by atoms with Crippen LogP contribution in [0.2, 0.25) is 0 Å². The topological polar surface area (TPSA) is 135 Å². The minimum Gasteiger partial charge on any atom is -0.481 e. The maximum Gasteiger partial charge on any atom is 0.262 e. The molecule has 0 aliphatic carbocycles. The Balaban J connectivity index is 1.75. The Morgan fingerprint density at radius 2 is 2.13 bits per heavy atom. The number of nitrogens with two attached hydrogens (primary N) is 1. The Kier molecular flexibility index (Phi) is 6.11. The van der Waals surface area contributed by atoms with Crippen LogP contribution < -0.4 is 26.4 Å². The quantitative estimate of drug-likeness (QED) is 0.313. The summed E-state index contributed by atoms with van der Waals surface area (Å²) in [5.41, 5.74) is 8.25. The summed E-state index contributed by atoms with van der Waals surface area (Å²) in [7, 11) is 1.59. The predicted molar refractivity (Wildman–Crippen MR) is 114 cm³/mol. The summed E-state index contributed by atoms with van der Waals surface area (Å²) in [6, 6.07) is 10.3. The molecule has 0 unspecified atom stereocenters. The number of hydrogen-bond acceptors (Lipinski definition) is 6. The van der Waals surface area contributed by atoms with E-state index in [1.54, 1.807) is 43.4 Å². The van der Waals surface area contributed by atoms with E-state index >= 15 is 0 Å². The number of para-hydroxylation sites is 1. The van der Waals surface area contributed by atoms with Crippen molar-refractivity contribution in [3.05, 3.63) is 65.4 Å². The number of nitrogens with zero attached hydrogens (tertiary/aromatic N) is 1. The van der Waals surface area contributed by atoms with Crippen LogP contribution in [0.3, 0.4) is 0 Å². The van der Waals surface area contributed by atoms with Crippen molar-refractivity contribution in [3.8, 4) is 5.75 Å².